The van der Waals surface area contributed by atoms with E-state index in [-0.39, 0.29) is 16.8 Å². The molecule has 0 aliphatic carbocycles. The Hall–Kier alpha value is -1.14. The summed E-state index contributed by atoms with van der Waals surface area (Å²) in [5, 5.41) is 0. The predicted molar refractivity (Wildman–Crippen MR) is 58.7 cm³/mol. The Balaban J connectivity index is 3.17. The van der Waals surface area contributed by atoms with Crippen molar-refractivity contribution in [2.75, 3.05) is 12.8 Å². The molecule has 0 aliphatic heterocycles. The number of pyridine rings is 1. The van der Waals surface area contributed by atoms with Crippen LogP contribution in [0.3, 0.4) is 0 Å². The molecule has 0 saturated heterocycles. The van der Waals surface area contributed by atoms with Crippen molar-refractivity contribution in [3.05, 3.63) is 18.3 Å². The van der Waals surface area contributed by atoms with Gasteiger partial charge in [-0.05, 0) is 19.9 Å². The molecule has 0 radical (unpaired) electrons. The van der Waals surface area contributed by atoms with Crippen molar-refractivity contribution < 1.29 is 8.42 Å². The molecule has 0 amide bonds. The van der Waals surface area contributed by atoms with Crippen LogP contribution in [0.25, 0.3) is 0 Å². The molecule has 0 aliphatic rings. The summed E-state index contributed by atoms with van der Waals surface area (Å²) >= 11 is 0. The van der Waals surface area contributed by atoms with E-state index in [4.69, 9.17) is 5.73 Å². The summed E-state index contributed by atoms with van der Waals surface area (Å²) in [5.41, 5.74) is 5.44. The average Bonchev–Trinajstić information content (AvgIpc) is 2.16. The Bertz CT molecular complexity index is 442. The number of hydrogen-bond donors (Lipinski definition) is 1. The first-order valence-electron chi connectivity index (χ1n) is 4.55. The lowest BCUT2D eigenvalue weighted by atomic mass is 10.4. The van der Waals surface area contributed by atoms with Gasteiger partial charge in [0.05, 0.1) is 4.90 Å². The third kappa shape index (κ3) is 2.45. The lowest BCUT2D eigenvalue weighted by Crippen LogP contribution is -2.33. The Morgan fingerprint density at radius 1 is 1.47 bits per heavy atom. The maximum atomic E-state index is 12.0. The van der Waals surface area contributed by atoms with Crippen molar-refractivity contribution in [1.82, 2.24) is 9.29 Å². The van der Waals surface area contributed by atoms with Gasteiger partial charge in [0, 0.05) is 25.4 Å². The van der Waals surface area contributed by atoms with Gasteiger partial charge in [-0.25, -0.2) is 13.4 Å². The highest BCUT2D eigenvalue weighted by atomic mass is 32.2. The van der Waals surface area contributed by atoms with Crippen molar-refractivity contribution in [2.45, 2.75) is 24.8 Å². The first kappa shape index (κ1) is 11.9. The Morgan fingerprint density at radius 2 is 2.07 bits per heavy atom. The van der Waals surface area contributed by atoms with Gasteiger partial charge in [-0.1, -0.05) is 0 Å². The molecule has 2 N–H and O–H groups in total. The van der Waals surface area contributed by atoms with Gasteiger partial charge in [-0.2, -0.15) is 4.31 Å². The third-order valence-corrected chi connectivity index (χ3v) is 4.19. The van der Waals surface area contributed by atoms with Gasteiger partial charge < -0.3 is 5.73 Å². The third-order valence-electron chi connectivity index (χ3n) is 2.16. The van der Waals surface area contributed by atoms with Crippen LogP contribution in [0.2, 0.25) is 0 Å². The van der Waals surface area contributed by atoms with Gasteiger partial charge in [0.25, 0.3) is 0 Å². The highest BCUT2D eigenvalue weighted by Crippen LogP contribution is 2.16. The number of sulfonamides is 1. The second-order valence-corrected chi connectivity index (χ2v) is 5.53. The SMILES string of the molecule is CC(C)N(C)S(=O)(=O)c1ccnc(N)c1. The number of rotatable bonds is 3. The minimum Gasteiger partial charge on any atom is -0.384 e. The summed E-state index contributed by atoms with van der Waals surface area (Å²) in [6.07, 6.45) is 1.39. The fourth-order valence-electron chi connectivity index (χ4n) is 1.03. The molecule has 0 aromatic carbocycles. The van der Waals surface area contributed by atoms with Crippen LogP contribution in [-0.4, -0.2) is 30.8 Å². The molecule has 0 saturated carbocycles. The zero-order valence-corrected chi connectivity index (χ0v) is 9.82. The Labute approximate surface area is 90.0 Å². The van der Waals surface area contributed by atoms with Crippen LogP contribution in [0.15, 0.2) is 23.2 Å². The number of nitrogens with two attached hydrogens (primary N) is 1. The highest BCUT2D eigenvalue weighted by Gasteiger charge is 2.22. The van der Waals surface area contributed by atoms with Crippen molar-refractivity contribution in [3.63, 3.8) is 0 Å². The van der Waals surface area contributed by atoms with Crippen molar-refractivity contribution in [3.8, 4) is 0 Å². The number of aromatic nitrogens is 1. The average molecular weight is 229 g/mol. The number of hydrogen-bond acceptors (Lipinski definition) is 4. The minimum absolute atomic E-state index is 0.0932. The first-order chi connectivity index (χ1) is 6.85. The van der Waals surface area contributed by atoms with E-state index in [0.29, 0.717) is 0 Å². The second kappa shape index (κ2) is 4.16. The monoisotopic (exact) mass is 229 g/mol. The minimum atomic E-state index is -3.45. The van der Waals surface area contributed by atoms with Gasteiger partial charge in [0.1, 0.15) is 5.82 Å². The van der Waals surface area contributed by atoms with Gasteiger partial charge in [0.2, 0.25) is 10.0 Å². The molecule has 1 aromatic heterocycles. The normalized spacial score (nSPS) is 12.3. The molecule has 1 rings (SSSR count). The van der Waals surface area contributed by atoms with Crippen LogP contribution in [0.1, 0.15) is 13.8 Å². The predicted octanol–water partition coefficient (Wildman–Crippen LogP) is 0.693. The van der Waals surface area contributed by atoms with E-state index in [2.05, 4.69) is 4.98 Å². The molecular weight excluding hydrogens is 214 g/mol. The van der Waals surface area contributed by atoms with Gasteiger partial charge in [0.15, 0.2) is 0 Å². The fourth-order valence-corrected chi connectivity index (χ4v) is 2.42. The fraction of sp³-hybridized carbons (Fsp3) is 0.444. The summed E-state index contributed by atoms with van der Waals surface area (Å²) < 4.78 is 25.2. The molecule has 0 unspecified atom stereocenters. The molecule has 5 nitrogen and oxygen atoms in total. The number of anilines is 1. The molecule has 0 fully saturated rings. The summed E-state index contributed by atoms with van der Waals surface area (Å²) in [6, 6.07) is 2.70. The maximum Gasteiger partial charge on any atom is 0.243 e. The highest BCUT2D eigenvalue weighted by molar-refractivity contribution is 7.89. The van der Waals surface area contributed by atoms with Gasteiger partial charge in [-0.15, -0.1) is 0 Å². The van der Waals surface area contributed by atoms with Crippen molar-refractivity contribution in [1.29, 1.82) is 0 Å². The van der Waals surface area contributed by atoms with Gasteiger partial charge in [-0.3, -0.25) is 0 Å². The molecule has 0 atom stereocenters. The molecule has 15 heavy (non-hydrogen) atoms. The first-order valence-corrected chi connectivity index (χ1v) is 5.99. The van der Waals surface area contributed by atoms with E-state index in [1.165, 1.54) is 29.7 Å². The molecule has 0 spiro atoms. The summed E-state index contributed by atoms with van der Waals surface area (Å²) in [6.45, 7) is 3.62. The number of nitrogen functional groups attached to an aromatic ring is 1. The molecule has 1 aromatic rings. The Kier molecular flexibility index (Phi) is 3.31. The van der Waals surface area contributed by atoms with Crippen molar-refractivity contribution >= 4 is 15.8 Å². The van der Waals surface area contributed by atoms with Crippen LogP contribution in [0.4, 0.5) is 5.82 Å². The Morgan fingerprint density at radius 3 is 2.53 bits per heavy atom. The number of nitrogens with zero attached hydrogens (tertiary/aromatic N) is 2. The summed E-state index contributed by atoms with van der Waals surface area (Å²) in [4.78, 5) is 3.92. The zero-order valence-electron chi connectivity index (χ0n) is 9.01. The quantitative estimate of drug-likeness (QED) is 0.827. The standard InChI is InChI=1S/C9H15N3O2S/c1-7(2)12(3)15(13,14)8-4-5-11-9(10)6-8/h4-7H,1-3H3,(H2,10,11). The van der Waals surface area contributed by atoms with E-state index >= 15 is 0 Å². The van der Waals surface area contributed by atoms with Crippen molar-refractivity contribution in [2.24, 2.45) is 0 Å². The molecular formula is C9H15N3O2S. The smallest absolute Gasteiger partial charge is 0.243 e. The molecule has 0 bridgehead atoms. The maximum absolute atomic E-state index is 12.0. The van der Waals surface area contributed by atoms with E-state index in [1.807, 2.05) is 13.8 Å². The van der Waals surface area contributed by atoms with E-state index in [9.17, 15) is 8.42 Å². The lowest BCUT2D eigenvalue weighted by Gasteiger charge is -2.20. The van der Waals surface area contributed by atoms with Crippen LogP contribution < -0.4 is 5.73 Å². The van der Waals surface area contributed by atoms with Crippen LogP contribution in [0, 0.1) is 0 Å². The van der Waals surface area contributed by atoms with Crippen LogP contribution in [-0.2, 0) is 10.0 Å². The second-order valence-electron chi connectivity index (χ2n) is 3.53. The van der Waals surface area contributed by atoms with E-state index in [1.54, 1.807) is 0 Å². The lowest BCUT2D eigenvalue weighted by molar-refractivity contribution is 0.410. The topological polar surface area (TPSA) is 76.3 Å². The van der Waals surface area contributed by atoms with E-state index < -0.39 is 10.0 Å². The summed E-state index contributed by atoms with van der Waals surface area (Å²) in [5.74, 6) is 0.202. The molecule has 6 heteroatoms. The summed E-state index contributed by atoms with van der Waals surface area (Å²) in [7, 11) is -1.91. The van der Waals surface area contributed by atoms with Crippen LogP contribution >= 0.6 is 0 Å². The van der Waals surface area contributed by atoms with E-state index in [0.717, 1.165) is 0 Å². The zero-order chi connectivity index (χ0) is 11.6. The molecule has 1 heterocycles. The van der Waals surface area contributed by atoms with Gasteiger partial charge >= 0.3 is 0 Å². The largest absolute Gasteiger partial charge is 0.384 e. The van der Waals surface area contributed by atoms with Crippen LogP contribution in [0.5, 0.6) is 0 Å². The molecule has 84 valence electrons.